The van der Waals surface area contributed by atoms with Crippen molar-refractivity contribution in [2.24, 2.45) is 5.73 Å². The molecule has 1 unspecified atom stereocenters. The van der Waals surface area contributed by atoms with Gasteiger partial charge in [0.05, 0.1) is 6.04 Å². The fourth-order valence-corrected chi connectivity index (χ4v) is 1.21. The molecule has 0 fully saturated rings. The van der Waals surface area contributed by atoms with Gasteiger partial charge in [-0.2, -0.15) is 0 Å². The Hall–Kier alpha value is -1.88. The topological polar surface area (TPSA) is 75.4 Å². The second kappa shape index (κ2) is 5.45. The maximum atomic E-state index is 11.6. The number of benzene rings is 1. The summed E-state index contributed by atoms with van der Waals surface area (Å²) in [7, 11) is 3.38. The summed E-state index contributed by atoms with van der Waals surface area (Å²) in [4.78, 5) is 24.4. The van der Waals surface area contributed by atoms with Crippen LogP contribution in [0.15, 0.2) is 24.3 Å². The summed E-state index contributed by atoms with van der Waals surface area (Å²) in [5.74, 6) is -0.327. The minimum Gasteiger partial charge on any atom is -0.345 e. The van der Waals surface area contributed by atoms with E-state index in [0.717, 1.165) is 0 Å². The highest BCUT2D eigenvalue weighted by Crippen LogP contribution is 2.10. The predicted molar refractivity (Wildman–Crippen MR) is 66.7 cm³/mol. The average molecular weight is 235 g/mol. The van der Waals surface area contributed by atoms with E-state index in [1.54, 1.807) is 45.3 Å². The van der Waals surface area contributed by atoms with Crippen molar-refractivity contribution >= 4 is 17.5 Å². The molecule has 0 aliphatic heterocycles. The van der Waals surface area contributed by atoms with Gasteiger partial charge in [0.15, 0.2) is 0 Å². The third-order valence-electron chi connectivity index (χ3n) is 2.22. The van der Waals surface area contributed by atoms with Crippen molar-refractivity contribution in [3.8, 4) is 0 Å². The zero-order valence-corrected chi connectivity index (χ0v) is 10.2. The van der Waals surface area contributed by atoms with Gasteiger partial charge in [0.2, 0.25) is 5.91 Å². The number of hydrogen-bond donors (Lipinski definition) is 2. The summed E-state index contributed by atoms with van der Waals surface area (Å²) < 4.78 is 0. The summed E-state index contributed by atoms with van der Waals surface area (Å²) >= 11 is 0. The van der Waals surface area contributed by atoms with Crippen molar-refractivity contribution in [2.75, 3.05) is 19.4 Å². The Bertz CT molecular complexity index is 410. The highest BCUT2D eigenvalue weighted by Gasteiger charge is 2.09. The van der Waals surface area contributed by atoms with E-state index in [4.69, 9.17) is 5.73 Å². The average Bonchev–Trinajstić information content (AvgIpc) is 2.28. The number of amides is 2. The van der Waals surface area contributed by atoms with Crippen LogP contribution >= 0.6 is 0 Å². The van der Waals surface area contributed by atoms with Crippen LogP contribution in [0.4, 0.5) is 5.69 Å². The molecule has 0 heterocycles. The standard InChI is InChI=1S/C12H17N3O2/c1-8(13)11(16)14-10-6-4-9(5-7-10)12(17)15(2)3/h4-8H,13H2,1-3H3,(H,14,16). The molecule has 1 atom stereocenters. The molecule has 1 aromatic carbocycles. The zero-order chi connectivity index (χ0) is 13.0. The maximum absolute atomic E-state index is 11.6. The highest BCUT2D eigenvalue weighted by atomic mass is 16.2. The van der Waals surface area contributed by atoms with Crippen LogP contribution in [-0.4, -0.2) is 36.9 Å². The van der Waals surface area contributed by atoms with Crippen LogP contribution in [0, 0.1) is 0 Å². The second-order valence-electron chi connectivity index (χ2n) is 4.05. The number of nitrogens with one attached hydrogen (secondary N) is 1. The van der Waals surface area contributed by atoms with E-state index in [0.29, 0.717) is 11.3 Å². The summed E-state index contributed by atoms with van der Waals surface area (Å²) in [6.07, 6.45) is 0. The van der Waals surface area contributed by atoms with Crippen LogP contribution in [-0.2, 0) is 4.79 Å². The first-order chi connectivity index (χ1) is 7.91. The number of rotatable bonds is 3. The minimum atomic E-state index is -0.557. The normalized spacial score (nSPS) is 11.8. The molecular formula is C12H17N3O2. The molecule has 0 spiro atoms. The van der Waals surface area contributed by atoms with Crippen molar-refractivity contribution in [1.29, 1.82) is 0 Å². The van der Waals surface area contributed by atoms with E-state index in [-0.39, 0.29) is 11.8 Å². The third-order valence-corrected chi connectivity index (χ3v) is 2.22. The van der Waals surface area contributed by atoms with Gasteiger partial charge in [0.25, 0.3) is 5.91 Å². The lowest BCUT2D eigenvalue weighted by Gasteiger charge is -2.11. The lowest BCUT2D eigenvalue weighted by Crippen LogP contribution is -2.32. The summed E-state index contributed by atoms with van der Waals surface area (Å²) in [6.45, 7) is 1.61. The van der Waals surface area contributed by atoms with Crippen LogP contribution in [0.5, 0.6) is 0 Å². The molecule has 3 N–H and O–H groups in total. The lowest BCUT2D eigenvalue weighted by molar-refractivity contribution is -0.117. The molecule has 0 saturated heterocycles. The molecule has 1 aromatic rings. The Balaban J connectivity index is 2.75. The van der Waals surface area contributed by atoms with Crippen molar-refractivity contribution in [3.63, 3.8) is 0 Å². The SMILES string of the molecule is CC(N)C(=O)Nc1ccc(C(=O)N(C)C)cc1. The Labute approximate surface area is 101 Å². The largest absolute Gasteiger partial charge is 0.345 e. The Morgan fingerprint density at radius 1 is 1.24 bits per heavy atom. The number of carbonyl (C=O) groups is 2. The van der Waals surface area contributed by atoms with Gasteiger partial charge in [0, 0.05) is 25.3 Å². The smallest absolute Gasteiger partial charge is 0.253 e. The molecular weight excluding hydrogens is 218 g/mol. The number of anilines is 1. The van der Waals surface area contributed by atoms with Gasteiger partial charge in [-0.15, -0.1) is 0 Å². The van der Waals surface area contributed by atoms with Crippen molar-refractivity contribution < 1.29 is 9.59 Å². The molecule has 0 aromatic heterocycles. The first kappa shape index (κ1) is 13.2. The number of hydrogen-bond acceptors (Lipinski definition) is 3. The molecule has 0 bridgehead atoms. The fraction of sp³-hybridized carbons (Fsp3) is 0.333. The maximum Gasteiger partial charge on any atom is 0.253 e. The highest BCUT2D eigenvalue weighted by molar-refractivity contribution is 5.96. The molecule has 1 rings (SSSR count). The van der Waals surface area contributed by atoms with Crippen LogP contribution in [0.2, 0.25) is 0 Å². The quantitative estimate of drug-likeness (QED) is 0.808. The van der Waals surface area contributed by atoms with E-state index in [9.17, 15) is 9.59 Å². The predicted octanol–water partition coefficient (Wildman–Crippen LogP) is 0.674. The molecule has 2 amide bonds. The van der Waals surface area contributed by atoms with Crippen molar-refractivity contribution in [3.05, 3.63) is 29.8 Å². The Kier molecular flexibility index (Phi) is 4.23. The fourth-order valence-electron chi connectivity index (χ4n) is 1.21. The van der Waals surface area contributed by atoms with Gasteiger partial charge in [-0.1, -0.05) is 0 Å². The van der Waals surface area contributed by atoms with Gasteiger partial charge in [-0.05, 0) is 31.2 Å². The zero-order valence-electron chi connectivity index (χ0n) is 10.2. The van der Waals surface area contributed by atoms with E-state index in [2.05, 4.69) is 5.32 Å². The van der Waals surface area contributed by atoms with E-state index >= 15 is 0 Å². The Morgan fingerprint density at radius 2 is 1.76 bits per heavy atom. The van der Waals surface area contributed by atoms with Gasteiger partial charge in [-0.25, -0.2) is 0 Å². The Morgan fingerprint density at radius 3 is 2.18 bits per heavy atom. The summed E-state index contributed by atoms with van der Waals surface area (Å²) in [5, 5.41) is 2.65. The van der Waals surface area contributed by atoms with Crippen LogP contribution in [0.3, 0.4) is 0 Å². The van der Waals surface area contributed by atoms with Crippen molar-refractivity contribution in [2.45, 2.75) is 13.0 Å². The van der Waals surface area contributed by atoms with Gasteiger partial charge < -0.3 is 16.0 Å². The summed E-state index contributed by atoms with van der Waals surface area (Å²) in [5.41, 5.74) is 6.63. The van der Waals surface area contributed by atoms with Crippen LogP contribution in [0.1, 0.15) is 17.3 Å². The van der Waals surface area contributed by atoms with Gasteiger partial charge in [-0.3, -0.25) is 9.59 Å². The first-order valence-corrected chi connectivity index (χ1v) is 5.30. The first-order valence-electron chi connectivity index (χ1n) is 5.30. The number of nitrogens with zero attached hydrogens (tertiary/aromatic N) is 1. The molecule has 0 radical (unpaired) electrons. The third kappa shape index (κ3) is 3.57. The molecule has 0 saturated carbocycles. The van der Waals surface area contributed by atoms with E-state index in [1.807, 2.05) is 0 Å². The number of nitrogens with two attached hydrogens (primary N) is 1. The molecule has 0 aliphatic carbocycles. The van der Waals surface area contributed by atoms with E-state index < -0.39 is 6.04 Å². The second-order valence-corrected chi connectivity index (χ2v) is 4.05. The molecule has 5 nitrogen and oxygen atoms in total. The van der Waals surface area contributed by atoms with Gasteiger partial charge in [0.1, 0.15) is 0 Å². The molecule has 5 heteroatoms. The summed E-state index contributed by atoms with van der Waals surface area (Å²) in [6, 6.07) is 6.13. The monoisotopic (exact) mass is 235 g/mol. The molecule has 0 aliphatic rings. The van der Waals surface area contributed by atoms with Crippen LogP contribution in [0.25, 0.3) is 0 Å². The van der Waals surface area contributed by atoms with Crippen LogP contribution < -0.4 is 11.1 Å². The molecule has 92 valence electrons. The van der Waals surface area contributed by atoms with Crippen molar-refractivity contribution in [1.82, 2.24) is 4.90 Å². The minimum absolute atomic E-state index is 0.0740. The van der Waals surface area contributed by atoms with E-state index in [1.165, 1.54) is 4.90 Å². The van der Waals surface area contributed by atoms with Gasteiger partial charge >= 0.3 is 0 Å². The molecule has 17 heavy (non-hydrogen) atoms. The number of carbonyl (C=O) groups excluding carboxylic acids is 2. The lowest BCUT2D eigenvalue weighted by atomic mass is 10.2.